The highest BCUT2D eigenvalue weighted by atomic mass is 32.1. The quantitative estimate of drug-likeness (QED) is 0.827. The fraction of sp³-hybridized carbons (Fsp3) is 0.533. The van der Waals surface area contributed by atoms with Crippen LogP contribution >= 0.6 is 12.2 Å². The van der Waals surface area contributed by atoms with Crippen molar-refractivity contribution < 1.29 is 4.39 Å². The molecular weight excluding hydrogens is 259 g/mol. The molecular formula is C15H19FN2S. The molecule has 2 bridgehead atoms. The Labute approximate surface area is 118 Å². The molecule has 4 heteroatoms. The van der Waals surface area contributed by atoms with E-state index in [1.165, 1.54) is 31.7 Å². The summed E-state index contributed by atoms with van der Waals surface area (Å²) in [5.74, 6) is 2.31. The van der Waals surface area contributed by atoms with Gasteiger partial charge in [-0.15, -0.1) is 0 Å². The number of thiocarbonyl (C=S) groups is 1. The van der Waals surface area contributed by atoms with Crippen LogP contribution in [0, 0.1) is 23.6 Å². The van der Waals surface area contributed by atoms with E-state index in [1.54, 1.807) is 18.2 Å². The molecule has 102 valence electrons. The molecule has 0 unspecified atom stereocenters. The third-order valence-corrected chi connectivity index (χ3v) is 4.78. The van der Waals surface area contributed by atoms with Gasteiger partial charge >= 0.3 is 0 Å². The van der Waals surface area contributed by atoms with Gasteiger partial charge in [0.05, 0.1) is 5.69 Å². The average molecular weight is 278 g/mol. The van der Waals surface area contributed by atoms with Crippen LogP contribution in [0.5, 0.6) is 0 Å². The highest BCUT2D eigenvalue weighted by Crippen LogP contribution is 2.47. The summed E-state index contributed by atoms with van der Waals surface area (Å²) in [4.78, 5) is 0. The van der Waals surface area contributed by atoms with Crippen LogP contribution in [-0.2, 0) is 0 Å². The molecule has 0 amide bonds. The van der Waals surface area contributed by atoms with Gasteiger partial charge in [0.2, 0.25) is 0 Å². The molecule has 0 aromatic heterocycles. The maximum atomic E-state index is 13.5. The number of benzene rings is 1. The van der Waals surface area contributed by atoms with Gasteiger partial charge in [-0.2, -0.15) is 0 Å². The van der Waals surface area contributed by atoms with E-state index in [0.717, 1.165) is 24.3 Å². The number of para-hydroxylation sites is 1. The van der Waals surface area contributed by atoms with Gasteiger partial charge < -0.3 is 10.6 Å². The molecule has 0 saturated heterocycles. The standard InChI is InChI=1S/C15H19FN2S/c16-13-3-1-2-4-14(13)18-15(19)17-9-12-8-10-5-6-11(12)7-10/h1-4,10-12H,5-9H2,(H2,17,18,19)/t10-,11+,12+/m0/s1. The van der Waals surface area contributed by atoms with Gasteiger partial charge in [-0.05, 0) is 61.4 Å². The summed E-state index contributed by atoms with van der Waals surface area (Å²) < 4.78 is 13.5. The van der Waals surface area contributed by atoms with Crippen molar-refractivity contribution in [1.82, 2.24) is 5.32 Å². The second-order valence-corrected chi connectivity index (χ2v) is 6.16. The fourth-order valence-corrected chi connectivity index (χ4v) is 3.77. The molecule has 0 radical (unpaired) electrons. The smallest absolute Gasteiger partial charge is 0.170 e. The van der Waals surface area contributed by atoms with E-state index in [2.05, 4.69) is 10.6 Å². The first-order chi connectivity index (χ1) is 9.22. The van der Waals surface area contributed by atoms with Crippen LogP contribution in [0.25, 0.3) is 0 Å². The average Bonchev–Trinajstić information content (AvgIpc) is 3.01. The van der Waals surface area contributed by atoms with Gasteiger partial charge in [-0.25, -0.2) is 4.39 Å². The van der Waals surface area contributed by atoms with Crippen molar-refractivity contribution in [3.8, 4) is 0 Å². The summed E-state index contributed by atoms with van der Waals surface area (Å²) >= 11 is 5.23. The zero-order chi connectivity index (χ0) is 13.2. The third kappa shape index (κ3) is 2.89. The summed E-state index contributed by atoms with van der Waals surface area (Å²) in [7, 11) is 0. The van der Waals surface area contributed by atoms with Gasteiger partial charge in [0.25, 0.3) is 0 Å². The van der Waals surface area contributed by atoms with E-state index in [4.69, 9.17) is 12.2 Å². The molecule has 2 aliphatic carbocycles. The zero-order valence-corrected chi connectivity index (χ0v) is 11.7. The number of nitrogens with one attached hydrogen (secondary N) is 2. The van der Waals surface area contributed by atoms with Crippen molar-refractivity contribution in [3.05, 3.63) is 30.1 Å². The first-order valence-corrected chi connectivity index (χ1v) is 7.42. The molecule has 19 heavy (non-hydrogen) atoms. The van der Waals surface area contributed by atoms with E-state index in [-0.39, 0.29) is 5.82 Å². The molecule has 0 spiro atoms. The van der Waals surface area contributed by atoms with Gasteiger partial charge in [0.15, 0.2) is 5.11 Å². The predicted molar refractivity (Wildman–Crippen MR) is 79.6 cm³/mol. The molecule has 3 rings (SSSR count). The third-order valence-electron chi connectivity index (χ3n) is 4.53. The lowest BCUT2D eigenvalue weighted by atomic mass is 9.89. The molecule has 2 saturated carbocycles. The van der Waals surface area contributed by atoms with Crippen LogP contribution < -0.4 is 10.6 Å². The molecule has 2 aliphatic rings. The van der Waals surface area contributed by atoms with Gasteiger partial charge in [-0.3, -0.25) is 0 Å². The Bertz CT molecular complexity index is 477. The Morgan fingerprint density at radius 1 is 1.26 bits per heavy atom. The maximum absolute atomic E-state index is 13.5. The van der Waals surface area contributed by atoms with E-state index < -0.39 is 0 Å². The largest absolute Gasteiger partial charge is 0.362 e. The minimum atomic E-state index is -0.272. The summed E-state index contributed by atoms with van der Waals surface area (Å²) in [5.41, 5.74) is 0.438. The van der Waals surface area contributed by atoms with E-state index in [9.17, 15) is 4.39 Å². The number of anilines is 1. The molecule has 0 heterocycles. The van der Waals surface area contributed by atoms with Crippen molar-refractivity contribution >= 4 is 23.0 Å². The lowest BCUT2D eigenvalue weighted by molar-refractivity contribution is 0.332. The van der Waals surface area contributed by atoms with E-state index >= 15 is 0 Å². The van der Waals surface area contributed by atoms with Crippen molar-refractivity contribution in [3.63, 3.8) is 0 Å². The number of hydrogen-bond donors (Lipinski definition) is 2. The summed E-state index contributed by atoms with van der Waals surface area (Å²) in [6, 6.07) is 6.60. The van der Waals surface area contributed by atoms with Crippen LogP contribution in [-0.4, -0.2) is 11.7 Å². The number of hydrogen-bond acceptors (Lipinski definition) is 1. The molecule has 2 N–H and O–H groups in total. The number of fused-ring (bicyclic) bond motifs is 2. The second-order valence-electron chi connectivity index (χ2n) is 5.75. The Morgan fingerprint density at radius 3 is 2.79 bits per heavy atom. The van der Waals surface area contributed by atoms with Crippen molar-refractivity contribution in [2.45, 2.75) is 25.7 Å². The highest BCUT2D eigenvalue weighted by Gasteiger charge is 2.39. The monoisotopic (exact) mass is 278 g/mol. The molecule has 2 nitrogen and oxygen atoms in total. The highest BCUT2D eigenvalue weighted by molar-refractivity contribution is 7.80. The Morgan fingerprint density at radius 2 is 2.11 bits per heavy atom. The van der Waals surface area contributed by atoms with Gasteiger partial charge in [0, 0.05) is 6.54 Å². The van der Waals surface area contributed by atoms with Gasteiger partial charge in [-0.1, -0.05) is 18.6 Å². The zero-order valence-electron chi connectivity index (χ0n) is 10.9. The van der Waals surface area contributed by atoms with Gasteiger partial charge in [0.1, 0.15) is 5.82 Å². The summed E-state index contributed by atoms with van der Waals surface area (Å²) in [5, 5.41) is 6.68. The minimum absolute atomic E-state index is 0.272. The van der Waals surface area contributed by atoms with Crippen molar-refractivity contribution in [1.29, 1.82) is 0 Å². The summed E-state index contributed by atoms with van der Waals surface area (Å²) in [6.07, 6.45) is 5.53. The topological polar surface area (TPSA) is 24.1 Å². The number of rotatable bonds is 3. The first kappa shape index (κ1) is 12.9. The predicted octanol–water partition coefficient (Wildman–Crippen LogP) is 3.55. The molecule has 1 aromatic carbocycles. The Hall–Kier alpha value is -1.16. The Kier molecular flexibility index (Phi) is 3.69. The molecule has 3 atom stereocenters. The van der Waals surface area contributed by atoms with Crippen molar-refractivity contribution in [2.75, 3.05) is 11.9 Å². The minimum Gasteiger partial charge on any atom is -0.362 e. The van der Waals surface area contributed by atoms with Crippen LogP contribution in [0.2, 0.25) is 0 Å². The van der Waals surface area contributed by atoms with Crippen molar-refractivity contribution in [2.24, 2.45) is 17.8 Å². The van der Waals surface area contributed by atoms with Crippen LogP contribution in [0.15, 0.2) is 24.3 Å². The van der Waals surface area contributed by atoms with Crippen LogP contribution in [0.3, 0.4) is 0 Å². The lowest BCUT2D eigenvalue weighted by Gasteiger charge is -2.22. The van der Waals surface area contributed by atoms with Crippen LogP contribution in [0.1, 0.15) is 25.7 Å². The molecule has 1 aromatic rings. The first-order valence-electron chi connectivity index (χ1n) is 7.02. The van der Waals surface area contributed by atoms with E-state index in [0.29, 0.717) is 10.8 Å². The molecule has 2 fully saturated rings. The lowest BCUT2D eigenvalue weighted by Crippen LogP contribution is -2.34. The maximum Gasteiger partial charge on any atom is 0.170 e. The second kappa shape index (κ2) is 5.45. The normalized spacial score (nSPS) is 28.4. The SMILES string of the molecule is Fc1ccccc1NC(=S)NC[C@H]1C[C@H]2CC[C@@H]1C2. The van der Waals surface area contributed by atoms with Crippen LogP contribution in [0.4, 0.5) is 10.1 Å². The molecule has 0 aliphatic heterocycles. The summed E-state index contributed by atoms with van der Waals surface area (Å²) in [6.45, 7) is 0.918. The Balaban J connectivity index is 1.48. The van der Waals surface area contributed by atoms with E-state index in [1.807, 2.05) is 0 Å². The number of halogens is 1. The fourth-order valence-electron chi connectivity index (χ4n) is 3.58.